The molecule has 0 bridgehead atoms. The fourth-order valence-corrected chi connectivity index (χ4v) is 2.28. The Kier molecular flexibility index (Phi) is 3.75. The van der Waals surface area contributed by atoms with Gasteiger partial charge in [-0.15, -0.1) is 0 Å². The lowest BCUT2D eigenvalue weighted by molar-refractivity contribution is 0.0149. The van der Waals surface area contributed by atoms with Crippen molar-refractivity contribution in [2.45, 2.75) is 25.4 Å². The van der Waals surface area contributed by atoms with Crippen LogP contribution in [0.1, 0.15) is 30.9 Å². The standard InChI is InChI=1S/C16H17NO2/c1-3-11-17-16(6-1)19-14-9-7-13(8-10-14)15-5-2-4-12-18-15/h1,3,6-11,15H,2,4-5,12H2. The molecule has 1 atom stereocenters. The maximum Gasteiger partial charge on any atom is 0.219 e. The van der Waals surface area contributed by atoms with Crippen LogP contribution in [0, 0.1) is 0 Å². The highest BCUT2D eigenvalue weighted by molar-refractivity contribution is 5.31. The smallest absolute Gasteiger partial charge is 0.219 e. The van der Waals surface area contributed by atoms with Crippen LogP contribution in [0.2, 0.25) is 0 Å². The zero-order valence-corrected chi connectivity index (χ0v) is 10.8. The number of hydrogen-bond donors (Lipinski definition) is 0. The molecule has 3 nitrogen and oxygen atoms in total. The Morgan fingerprint density at radius 3 is 2.63 bits per heavy atom. The Balaban J connectivity index is 1.68. The summed E-state index contributed by atoms with van der Waals surface area (Å²) >= 11 is 0. The third-order valence-electron chi connectivity index (χ3n) is 3.29. The van der Waals surface area contributed by atoms with Gasteiger partial charge in [-0.05, 0) is 43.0 Å². The molecule has 0 spiro atoms. The number of pyridine rings is 1. The third-order valence-corrected chi connectivity index (χ3v) is 3.29. The van der Waals surface area contributed by atoms with E-state index in [9.17, 15) is 0 Å². The van der Waals surface area contributed by atoms with E-state index in [1.54, 1.807) is 6.20 Å². The molecular formula is C16H17NO2. The number of rotatable bonds is 3. The molecule has 1 saturated heterocycles. The molecule has 2 heterocycles. The van der Waals surface area contributed by atoms with Crippen molar-refractivity contribution in [3.05, 3.63) is 54.2 Å². The lowest BCUT2D eigenvalue weighted by Crippen LogP contribution is -2.11. The Hall–Kier alpha value is -1.87. The van der Waals surface area contributed by atoms with Gasteiger partial charge in [-0.1, -0.05) is 18.2 Å². The highest BCUT2D eigenvalue weighted by Crippen LogP contribution is 2.29. The summed E-state index contributed by atoms with van der Waals surface area (Å²) in [6, 6.07) is 13.7. The molecular weight excluding hydrogens is 238 g/mol. The summed E-state index contributed by atoms with van der Waals surface area (Å²) < 4.78 is 11.4. The number of nitrogens with zero attached hydrogens (tertiary/aromatic N) is 1. The van der Waals surface area contributed by atoms with Gasteiger partial charge in [0.1, 0.15) is 5.75 Å². The molecule has 0 amide bonds. The van der Waals surface area contributed by atoms with E-state index >= 15 is 0 Å². The quantitative estimate of drug-likeness (QED) is 0.826. The molecule has 1 unspecified atom stereocenters. The van der Waals surface area contributed by atoms with Gasteiger partial charge < -0.3 is 9.47 Å². The number of ether oxygens (including phenoxy) is 2. The number of aromatic nitrogens is 1. The Morgan fingerprint density at radius 1 is 1.05 bits per heavy atom. The zero-order chi connectivity index (χ0) is 12.9. The van der Waals surface area contributed by atoms with Crippen LogP contribution in [-0.2, 0) is 4.74 Å². The molecule has 1 fully saturated rings. The topological polar surface area (TPSA) is 31.4 Å². The van der Waals surface area contributed by atoms with E-state index in [0.717, 1.165) is 18.8 Å². The first-order chi connectivity index (χ1) is 9.42. The van der Waals surface area contributed by atoms with Gasteiger partial charge in [0.2, 0.25) is 5.88 Å². The molecule has 1 aliphatic heterocycles. The molecule has 3 rings (SSSR count). The lowest BCUT2D eigenvalue weighted by Gasteiger charge is -2.22. The molecule has 19 heavy (non-hydrogen) atoms. The largest absolute Gasteiger partial charge is 0.439 e. The summed E-state index contributed by atoms with van der Waals surface area (Å²) in [5.74, 6) is 1.42. The van der Waals surface area contributed by atoms with Crippen molar-refractivity contribution in [3.63, 3.8) is 0 Å². The molecule has 0 radical (unpaired) electrons. The molecule has 0 saturated carbocycles. The van der Waals surface area contributed by atoms with Gasteiger partial charge in [0.25, 0.3) is 0 Å². The molecule has 2 aromatic rings. The summed E-state index contributed by atoms with van der Waals surface area (Å²) in [5.41, 5.74) is 1.23. The monoisotopic (exact) mass is 255 g/mol. The van der Waals surface area contributed by atoms with Crippen molar-refractivity contribution in [1.82, 2.24) is 4.98 Å². The van der Waals surface area contributed by atoms with Crippen LogP contribution < -0.4 is 4.74 Å². The molecule has 1 aromatic heterocycles. The summed E-state index contributed by atoms with van der Waals surface area (Å²) in [6.45, 7) is 0.872. The molecule has 0 aliphatic carbocycles. The van der Waals surface area contributed by atoms with Crippen molar-refractivity contribution in [3.8, 4) is 11.6 Å². The average Bonchev–Trinajstić information content (AvgIpc) is 2.50. The first-order valence-electron chi connectivity index (χ1n) is 6.72. The fraction of sp³-hybridized carbons (Fsp3) is 0.312. The van der Waals surface area contributed by atoms with Crippen molar-refractivity contribution >= 4 is 0 Å². The van der Waals surface area contributed by atoms with E-state index in [4.69, 9.17) is 9.47 Å². The summed E-state index contributed by atoms with van der Waals surface area (Å²) in [5, 5.41) is 0. The molecule has 3 heteroatoms. The summed E-state index contributed by atoms with van der Waals surface area (Å²) in [4.78, 5) is 4.14. The predicted molar refractivity (Wildman–Crippen MR) is 73.3 cm³/mol. The predicted octanol–water partition coefficient (Wildman–Crippen LogP) is 4.12. The second kappa shape index (κ2) is 5.85. The van der Waals surface area contributed by atoms with Crippen LogP contribution in [-0.4, -0.2) is 11.6 Å². The van der Waals surface area contributed by atoms with Gasteiger partial charge in [0, 0.05) is 18.9 Å². The second-order valence-electron chi connectivity index (χ2n) is 4.69. The van der Waals surface area contributed by atoms with E-state index in [0.29, 0.717) is 5.88 Å². The normalized spacial score (nSPS) is 19.1. The van der Waals surface area contributed by atoms with Crippen molar-refractivity contribution in [2.75, 3.05) is 6.61 Å². The Morgan fingerprint density at radius 2 is 1.95 bits per heavy atom. The highest BCUT2D eigenvalue weighted by atomic mass is 16.5. The SMILES string of the molecule is c1ccc(Oc2ccc(C3CCCCO3)cc2)nc1. The van der Waals surface area contributed by atoms with Crippen molar-refractivity contribution < 1.29 is 9.47 Å². The second-order valence-corrected chi connectivity index (χ2v) is 4.69. The summed E-state index contributed by atoms with van der Waals surface area (Å²) in [7, 11) is 0. The van der Waals surface area contributed by atoms with E-state index in [1.165, 1.54) is 18.4 Å². The summed E-state index contributed by atoms with van der Waals surface area (Å²) in [6.07, 6.45) is 5.51. The van der Waals surface area contributed by atoms with Gasteiger partial charge in [-0.3, -0.25) is 0 Å². The van der Waals surface area contributed by atoms with Crippen LogP contribution in [0.15, 0.2) is 48.7 Å². The van der Waals surface area contributed by atoms with Crippen LogP contribution >= 0.6 is 0 Å². The maximum absolute atomic E-state index is 5.77. The fourth-order valence-electron chi connectivity index (χ4n) is 2.28. The van der Waals surface area contributed by atoms with Gasteiger partial charge >= 0.3 is 0 Å². The molecule has 0 N–H and O–H groups in total. The van der Waals surface area contributed by atoms with Crippen molar-refractivity contribution in [2.24, 2.45) is 0 Å². The molecule has 1 aromatic carbocycles. The van der Waals surface area contributed by atoms with Gasteiger partial charge in [-0.25, -0.2) is 4.98 Å². The minimum atomic E-state index is 0.248. The van der Waals surface area contributed by atoms with Gasteiger partial charge in [0.15, 0.2) is 0 Å². The average molecular weight is 255 g/mol. The van der Waals surface area contributed by atoms with E-state index in [1.807, 2.05) is 30.3 Å². The maximum atomic E-state index is 5.77. The van der Waals surface area contributed by atoms with E-state index < -0.39 is 0 Å². The van der Waals surface area contributed by atoms with Gasteiger partial charge in [-0.2, -0.15) is 0 Å². The molecule has 1 aliphatic rings. The first kappa shape index (κ1) is 12.2. The number of hydrogen-bond acceptors (Lipinski definition) is 3. The molecule has 98 valence electrons. The van der Waals surface area contributed by atoms with Crippen LogP contribution in [0.5, 0.6) is 11.6 Å². The highest BCUT2D eigenvalue weighted by Gasteiger charge is 2.15. The Bertz CT molecular complexity index is 504. The van der Waals surface area contributed by atoms with Crippen molar-refractivity contribution in [1.29, 1.82) is 0 Å². The Labute approximate surface area is 113 Å². The first-order valence-corrected chi connectivity index (χ1v) is 6.72. The van der Waals surface area contributed by atoms with Gasteiger partial charge in [0.05, 0.1) is 6.10 Å². The van der Waals surface area contributed by atoms with E-state index in [-0.39, 0.29) is 6.10 Å². The van der Waals surface area contributed by atoms with Crippen LogP contribution in [0.3, 0.4) is 0 Å². The zero-order valence-electron chi connectivity index (χ0n) is 10.8. The van der Waals surface area contributed by atoms with E-state index in [2.05, 4.69) is 17.1 Å². The lowest BCUT2D eigenvalue weighted by atomic mass is 10.0. The number of benzene rings is 1. The van der Waals surface area contributed by atoms with Crippen LogP contribution in [0.25, 0.3) is 0 Å². The van der Waals surface area contributed by atoms with Crippen LogP contribution in [0.4, 0.5) is 0 Å². The minimum Gasteiger partial charge on any atom is -0.439 e. The minimum absolute atomic E-state index is 0.248. The third kappa shape index (κ3) is 3.12.